The highest BCUT2D eigenvalue weighted by Crippen LogP contribution is 2.13. The second-order valence-electron chi connectivity index (χ2n) is 3.09. The molecule has 0 spiro atoms. The fourth-order valence-electron chi connectivity index (χ4n) is 1.13. The van der Waals surface area contributed by atoms with Crippen LogP contribution in [0.25, 0.3) is 0 Å². The molecule has 1 aromatic heterocycles. The molecule has 80 valence electrons. The lowest BCUT2D eigenvalue weighted by Crippen LogP contribution is -2.33. The van der Waals surface area contributed by atoms with Gasteiger partial charge < -0.3 is 9.73 Å². The molecule has 0 fully saturated rings. The van der Waals surface area contributed by atoms with Crippen LogP contribution in [0.1, 0.15) is 30.3 Å². The van der Waals surface area contributed by atoms with E-state index in [1.165, 1.54) is 12.1 Å². The van der Waals surface area contributed by atoms with Crippen molar-refractivity contribution in [2.75, 3.05) is 0 Å². The van der Waals surface area contributed by atoms with Crippen LogP contribution in [-0.2, 0) is 0 Å². The molecule has 0 aromatic carbocycles. The molecule has 15 heavy (non-hydrogen) atoms. The molecule has 0 aliphatic carbocycles. The molecule has 1 unspecified atom stereocenters. The van der Waals surface area contributed by atoms with Gasteiger partial charge in [-0.1, -0.05) is 6.92 Å². The number of rotatable bonds is 4. The summed E-state index contributed by atoms with van der Waals surface area (Å²) in [5.74, 6) is 2.43. The van der Waals surface area contributed by atoms with E-state index in [0.29, 0.717) is 6.42 Å². The summed E-state index contributed by atoms with van der Waals surface area (Å²) in [6.07, 6.45) is 6.47. The Kier molecular flexibility index (Phi) is 4.26. The zero-order chi connectivity index (χ0) is 11.3. The molecule has 1 N–H and O–H groups in total. The monoisotopic (exact) mass is 225 g/mol. The first kappa shape index (κ1) is 11.7. The van der Waals surface area contributed by atoms with E-state index in [2.05, 4.69) is 11.2 Å². The van der Waals surface area contributed by atoms with E-state index in [1.807, 2.05) is 6.92 Å². The second kappa shape index (κ2) is 5.47. The molecule has 4 heteroatoms. The van der Waals surface area contributed by atoms with Crippen molar-refractivity contribution in [1.82, 2.24) is 5.32 Å². The molecule has 0 bridgehead atoms. The molecule has 1 aromatic rings. The van der Waals surface area contributed by atoms with Crippen LogP contribution in [0.15, 0.2) is 16.5 Å². The molecule has 1 rings (SSSR count). The van der Waals surface area contributed by atoms with E-state index >= 15 is 0 Å². The molecule has 0 saturated heterocycles. The van der Waals surface area contributed by atoms with E-state index < -0.39 is 0 Å². The van der Waals surface area contributed by atoms with Gasteiger partial charge in [0.1, 0.15) is 0 Å². The summed E-state index contributed by atoms with van der Waals surface area (Å²) in [6.45, 7) is 1.96. The molecule has 1 atom stereocenters. The van der Waals surface area contributed by atoms with Gasteiger partial charge in [-0.25, -0.2) is 0 Å². The van der Waals surface area contributed by atoms with E-state index in [4.69, 9.17) is 22.4 Å². The number of halogens is 1. The summed E-state index contributed by atoms with van der Waals surface area (Å²) in [4.78, 5) is 11.6. The summed E-state index contributed by atoms with van der Waals surface area (Å²) < 4.78 is 4.97. The van der Waals surface area contributed by atoms with Gasteiger partial charge in [0, 0.05) is 12.5 Å². The van der Waals surface area contributed by atoms with E-state index in [9.17, 15) is 4.79 Å². The third-order valence-corrected chi connectivity index (χ3v) is 2.19. The van der Waals surface area contributed by atoms with E-state index in [1.54, 1.807) is 0 Å². The Morgan fingerprint density at radius 1 is 1.73 bits per heavy atom. The van der Waals surface area contributed by atoms with Crippen molar-refractivity contribution in [3.63, 3.8) is 0 Å². The van der Waals surface area contributed by atoms with Crippen molar-refractivity contribution in [3.05, 3.63) is 23.1 Å². The van der Waals surface area contributed by atoms with Gasteiger partial charge in [-0.05, 0) is 30.2 Å². The van der Waals surface area contributed by atoms with Gasteiger partial charge in [-0.15, -0.1) is 12.3 Å². The number of furan rings is 1. The maximum Gasteiger partial charge on any atom is 0.287 e. The maximum absolute atomic E-state index is 11.6. The van der Waals surface area contributed by atoms with Crippen molar-refractivity contribution in [1.29, 1.82) is 0 Å². The van der Waals surface area contributed by atoms with Crippen LogP contribution in [0.5, 0.6) is 0 Å². The number of hydrogen-bond donors (Lipinski definition) is 1. The van der Waals surface area contributed by atoms with Gasteiger partial charge in [0.2, 0.25) is 0 Å². The van der Waals surface area contributed by atoms with Crippen LogP contribution in [-0.4, -0.2) is 11.9 Å². The number of hydrogen-bond acceptors (Lipinski definition) is 2. The number of nitrogens with one attached hydrogen (secondary N) is 1. The first-order chi connectivity index (χ1) is 7.17. The number of carbonyl (C=O) groups is 1. The molecular formula is C11H12ClNO2. The van der Waals surface area contributed by atoms with Crippen LogP contribution < -0.4 is 5.32 Å². The average molecular weight is 226 g/mol. The highest BCUT2D eigenvalue weighted by atomic mass is 35.5. The Morgan fingerprint density at radius 2 is 2.47 bits per heavy atom. The van der Waals surface area contributed by atoms with Crippen molar-refractivity contribution in [3.8, 4) is 12.3 Å². The minimum absolute atomic E-state index is 0.0219. The zero-order valence-corrected chi connectivity index (χ0v) is 9.17. The lowest BCUT2D eigenvalue weighted by Gasteiger charge is -2.12. The molecule has 1 amide bonds. The Bertz CT molecular complexity index is 378. The SMILES string of the molecule is C#CCC(CC)NC(=O)c1ccc(Cl)o1. The highest BCUT2D eigenvalue weighted by molar-refractivity contribution is 6.29. The second-order valence-corrected chi connectivity index (χ2v) is 3.46. The molecule has 0 radical (unpaired) electrons. The first-order valence-corrected chi connectivity index (χ1v) is 5.04. The van der Waals surface area contributed by atoms with Gasteiger partial charge >= 0.3 is 0 Å². The van der Waals surface area contributed by atoms with Gasteiger partial charge in [-0.3, -0.25) is 4.79 Å². The summed E-state index contributed by atoms with van der Waals surface area (Å²) in [7, 11) is 0. The third kappa shape index (κ3) is 3.34. The summed E-state index contributed by atoms with van der Waals surface area (Å²) in [5.41, 5.74) is 0. The standard InChI is InChI=1S/C11H12ClNO2/c1-3-5-8(4-2)13-11(14)9-6-7-10(12)15-9/h1,6-8H,4-5H2,2H3,(H,13,14). The fraction of sp³-hybridized carbons (Fsp3) is 0.364. The smallest absolute Gasteiger partial charge is 0.287 e. The van der Waals surface area contributed by atoms with E-state index in [-0.39, 0.29) is 22.9 Å². The quantitative estimate of drug-likeness (QED) is 0.800. The molecule has 0 saturated carbocycles. The summed E-state index contributed by atoms with van der Waals surface area (Å²) >= 11 is 5.56. The van der Waals surface area contributed by atoms with Crippen molar-refractivity contribution >= 4 is 17.5 Å². The maximum atomic E-state index is 11.6. The first-order valence-electron chi connectivity index (χ1n) is 4.67. The third-order valence-electron chi connectivity index (χ3n) is 1.99. The molecule has 0 aliphatic rings. The summed E-state index contributed by atoms with van der Waals surface area (Å²) in [6, 6.07) is 3.03. The van der Waals surface area contributed by atoms with Gasteiger partial charge in [0.25, 0.3) is 5.91 Å². The molecule has 0 aliphatic heterocycles. The number of terminal acetylenes is 1. The van der Waals surface area contributed by atoms with Crippen molar-refractivity contribution in [2.24, 2.45) is 0 Å². The number of carbonyl (C=O) groups excluding carboxylic acids is 1. The topological polar surface area (TPSA) is 42.2 Å². The molecule has 3 nitrogen and oxygen atoms in total. The predicted molar refractivity (Wildman–Crippen MR) is 58.7 cm³/mol. The normalized spacial score (nSPS) is 11.8. The summed E-state index contributed by atoms with van der Waals surface area (Å²) in [5, 5.41) is 2.96. The van der Waals surface area contributed by atoms with Crippen LogP contribution in [0.4, 0.5) is 0 Å². The Hall–Kier alpha value is -1.40. The zero-order valence-electron chi connectivity index (χ0n) is 8.42. The van der Waals surface area contributed by atoms with Crippen molar-refractivity contribution in [2.45, 2.75) is 25.8 Å². The Balaban J connectivity index is 2.59. The van der Waals surface area contributed by atoms with Crippen LogP contribution in [0, 0.1) is 12.3 Å². The Morgan fingerprint density at radius 3 is 2.93 bits per heavy atom. The molecular weight excluding hydrogens is 214 g/mol. The van der Waals surface area contributed by atoms with Crippen LogP contribution in [0.3, 0.4) is 0 Å². The predicted octanol–water partition coefficient (Wildman–Crippen LogP) is 2.46. The van der Waals surface area contributed by atoms with Crippen LogP contribution >= 0.6 is 11.6 Å². The lowest BCUT2D eigenvalue weighted by atomic mass is 10.1. The Labute approximate surface area is 93.8 Å². The largest absolute Gasteiger partial charge is 0.440 e. The van der Waals surface area contributed by atoms with Gasteiger partial charge in [0.05, 0.1) is 0 Å². The van der Waals surface area contributed by atoms with Gasteiger partial charge in [-0.2, -0.15) is 0 Å². The fourth-order valence-corrected chi connectivity index (χ4v) is 1.28. The van der Waals surface area contributed by atoms with E-state index in [0.717, 1.165) is 6.42 Å². The average Bonchev–Trinajstić information content (AvgIpc) is 2.64. The highest BCUT2D eigenvalue weighted by Gasteiger charge is 2.14. The lowest BCUT2D eigenvalue weighted by molar-refractivity contribution is 0.0909. The molecule has 1 heterocycles. The minimum Gasteiger partial charge on any atom is -0.440 e. The van der Waals surface area contributed by atoms with Crippen molar-refractivity contribution < 1.29 is 9.21 Å². The van der Waals surface area contributed by atoms with Crippen LogP contribution in [0.2, 0.25) is 5.22 Å². The van der Waals surface area contributed by atoms with Gasteiger partial charge in [0.15, 0.2) is 11.0 Å². The minimum atomic E-state index is -0.288. The number of amides is 1.